The van der Waals surface area contributed by atoms with Crippen molar-refractivity contribution in [3.8, 4) is 0 Å². The number of benzene rings is 2. The van der Waals surface area contributed by atoms with Gasteiger partial charge in [0.2, 0.25) is 15.9 Å². The quantitative estimate of drug-likeness (QED) is 0.751. The van der Waals surface area contributed by atoms with Gasteiger partial charge >= 0.3 is 0 Å². The van der Waals surface area contributed by atoms with Crippen molar-refractivity contribution in [2.45, 2.75) is 31.6 Å². The molecule has 7 heteroatoms. The lowest BCUT2D eigenvalue weighted by atomic mass is 9.97. The fourth-order valence-corrected chi connectivity index (χ4v) is 5.18. The molecule has 3 rings (SSSR count). The normalized spacial score (nSPS) is 15.8. The highest BCUT2D eigenvalue weighted by Crippen LogP contribution is 2.25. The van der Waals surface area contributed by atoms with Gasteiger partial charge in [0.15, 0.2) is 0 Å². The Morgan fingerprint density at radius 1 is 1.00 bits per heavy atom. The van der Waals surface area contributed by atoms with E-state index in [1.54, 1.807) is 30.3 Å². The van der Waals surface area contributed by atoms with E-state index in [2.05, 4.69) is 24.1 Å². The molecule has 6 nitrogen and oxygen atoms in total. The second-order valence-corrected chi connectivity index (χ2v) is 9.14. The van der Waals surface area contributed by atoms with Crippen molar-refractivity contribution in [3.05, 3.63) is 54.6 Å². The number of nitrogens with one attached hydrogen (secondary N) is 1. The summed E-state index contributed by atoms with van der Waals surface area (Å²) >= 11 is 0. The van der Waals surface area contributed by atoms with Crippen LogP contribution in [-0.4, -0.2) is 44.8 Å². The van der Waals surface area contributed by atoms with Crippen LogP contribution >= 0.6 is 0 Å². The summed E-state index contributed by atoms with van der Waals surface area (Å²) in [5, 5.41) is 2.97. The second-order valence-electron chi connectivity index (χ2n) is 7.20. The summed E-state index contributed by atoms with van der Waals surface area (Å²) in [6.07, 6.45) is 1.05. The van der Waals surface area contributed by atoms with Crippen molar-refractivity contribution in [1.82, 2.24) is 4.31 Å². The molecule has 29 heavy (non-hydrogen) atoms. The Bertz CT molecular complexity index is 902. The molecule has 0 atom stereocenters. The molecular formula is C22H29N3O3S. The molecule has 1 amide bonds. The Balaban J connectivity index is 1.56. The molecule has 1 fully saturated rings. The maximum atomic E-state index is 12.7. The molecule has 2 aromatic carbocycles. The number of amides is 1. The zero-order chi connectivity index (χ0) is 20.9. The van der Waals surface area contributed by atoms with Crippen LogP contribution in [0.25, 0.3) is 0 Å². The van der Waals surface area contributed by atoms with Gasteiger partial charge in [0.05, 0.1) is 4.90 Å². The molecule has 1 N–H and O–H groups in total. The van der Waals surface area contributed by atoms with Crippen LogP contribution in [0.15, 0.2) is 59.5 Å². The largest absolute Gasteiger partial charge is 0.372 e. The van der Waals surface area contributed by atoms with Gasteiger partial charge in [-0.1, -0.05) is 18.2 Å². The summed E-state index contributed by atoms with van der Waals surface area (Å²) in [5.74, 6) is -0.225. The average Bonchev–Trinajstić information content (AvgIpc) is 2.76. The smallest absolute Gasteiger partial charge is 0.243 e. The van der Waals surface area contributed by atoms with Gasteiger partial charge in [-0.15, -0.1) is 0 Å². The van der Waals surface area contributed by atoms with Crippen LogP contribution in [0.3, 0.4) is 0 Å². The first-order valence-corrected chi connectivity index (χ1v) is 11.6. The van der Waals surface area contributed by atoms with Gasteiger partial charge in [-0.05, 0) is 63.1 Å². The first kappa shape index (κ1) is 21.3. The van der Waals surface area contributed by atoms with E-state index in [9.17, 15) is 13.2 Å². The summed E-state index contributed by atoms with van der Waals surface area (Å²) in [4.78, 5) is 15.2. The highest BCUT2D eigenvalue weighted by molar-refractivity contribution is 7.89. The molecule has 2 aromatic rings. The van der Waals surface area contributed by atoms with E-state index in [1.165, 1.54) is 4.31 Å². The molecular weight excluding hydrogens is 386 g/mol. The Hall–Kier alpha value is -2.38. The third kappa shape index (κ3) is 4.97. The van der Waals surface area contributed by atoms with Crippen molar-refractivity contribution in [2.24, 2.45) is 5.92 Å². The molecule has 0 aromatic heterocycles. The minimum absolute atomic E-state index is 0.0441. The van der Waals surface area contributed by atoms with Crippen molar-refractivity contribution < 1.29 is 13.2 Å². The number of nitrogens with zero attached hydrogens (tertiary/aromatic N) is 2. The second kappa shape index (κ2) is 9.41. The minimum Gasteiger partial charge on any atom is -0.372 e. The van der Waals surface area contributed by atoms with Gasteiger partial charge in [0.1, 0.15) is 0 Å². The maximum Gasteiger partial charge on any atom is 0.243 e. The van der Waals surface area contributed by atoms with Crippen LogP contribution in [0.1, 0.15) is 26.7 Å². The Kier molecular flexibility index (Phi) is 6.92. The standard InChI is InChI=1S/C22H29N3O3S/c1-3-24(4-2)20-12-10-19(11-13-20)23-22(26)18-14-16-25(17-15-18)29(27,28)21-8-6-5-7-9-21/h5-13,18H,3-4,14-17H2,1-2H3,(H,23,26). The molecule has 0 aliphatic carbocycles. The average molecular weight is 416 g/mol. The number of hydrogen-bond acceptors (Lipinski definition) is 4. The zero-order valence-corrected chi connectivity index (χ0v) is 17.9. The number of piperidine rings is 1. The monoisotopic (exact) mass is 415 g/mol. The van der Waals surface area contributed by atoms with E-state index in [0.717, 1.165) is 24.5 Å². The SMILES string of the molecule is CCN(CC)c1ccc(NC(=O)C2CCN(S(=O)(=O)c3ccccc3)CC2)cc1. The molecule has 1 heterocycles. The zero-order valence-electron chi connectivity index (χ0n) is 17.0. The van der Waals surface area contributed by atoms with Gasteiger partial charge in [-0.25, -0.2) is 8.42 Å². The molecule has 0 radical (unpaired) electrons. The lowest BCUT2D eigenvalue weighted by Crippen LogP contribution is -2.41. The first-order valence-electron chi connectivity index (χ1n) is 10.2. The van der Waals surface area contributed by atoms with E-state index < -0.39 is 10.0 Å². The van der Waals surface area contributed by atoms with Crippen LogP contribution in [0.5, 0.6) is 0 Å². The summed E-state index contributed by atoms with van der Waals surface area (Å²) in [7, 11) is -3.49. The van der Waals surface area contributed by atoms with Crippen LogP contribution < -0.4 is 10.2 Å². The van der Waals surface area contributed by atoms with Crippen molar-refractivity contribution >= 4 is 27.3 Å². The molecule has 1 aliphatic rings. The van der Waals surface area contributed by atoms with Crippen LogP contribution in [0, 0.1) is 5.92 Å². The van der Waals surface area contributed by atoms with Crippen LogP contribution in [0.4, 0.5) is 11.4 Å². The van der Waals surface area contributed by atoms with Crippen molar-refractivity contribution in [1.29, 1.82) is 0 Å². The summed E-state index contributed by atoms with van der Waals surface area (Å²) < 4.78 is 26.9. The third-order valence-electron chi connectivity index (χ3n) is 5.47. The van der Waals surface area contributed by atoms with Crippen molar-refractivity contribution in [3.63, 3.8) is 0 Å². The number of anilines is 2. The molecule has 0 bridgehead atoms. The van der Waals surface area contributed by atoms with Gasteiger partial charge in [-0.2, -0.15) is 4.31 Å². The highest BCUT2D eigenvalue weighted by atomic mass is 32.2. The van der Waals surface area contributed by atoms with E-state index in [-0.39, 0.29) is 11.8 Å². The first-order chi connectivity index (χ1) is 14.0. The van der Waals surface area contributed by atoms with Gasteiger partial charge in [-0.3, -0.25) is 4.79 Å². The third-order valence-corrected chi connectivity index (χ3v) is 7.38. The number of hydrogen-bond donors (Lipinski definition) is 1. The molecule has 0 spiro atoms. The lowest BCUT2D eigenvalue weighted by molar-refractivity contribution is -0.120. The fourth-order valence-electron chi connectivity index (χ4n) is 3.69. The van der Waals surface area contributed by atoms with Crippen LogP contribution in [-0.2, 0) is 14.8 Å². The molecule has 1 saturated heterocycles. The Morgan fingerprint density at radius 3 is 2.14 bits per heavy atom. The predicted octanol–water partition coefficient (Wildman–Crippen LogP) is 3.57. The number of carbonyl (C=O) groups is 1. The van der Waals surface area contributed by atoms with E-state index in [0.29, 0.717) is 30.8 Å². The Morgan fingerprint density at radius 2 is 1.59 bits per heavy atom. The number of sulfonamides is 1. The maximum absolute atomic E-state index is 12.7. The van der Waals surface area contributed by atoms with Gasteiger partial charge in [0, 0.05) is 43.5 Å². The van der Waals surface area contributed by atoms with E-state index in [4.69, 9.17) is 0 Å². The van der Waals surface area contributed by atoms with Crippen molar-refractivity contribution in [2.75, 3.05) is 36.4 Å². The number of carbonyl (C=O) groups excluding carboxylic acids is 1. The fraction of sp³-hybridized carbons (Fsp3) is 0.409. The minimum atomic E-state index is -3.49. The molecule has 156 valence electrons. The van der Waals surface area contributed by atoms with E-state index in [1.807, 2.05) is 24.3 Å². The molecule has 1 aliphatic heterocycles. The summed E-state index contributed by atoms with van der Waals surface area (Å²) in [5.41, 5.74) is 1.90. The predicted molar refractivity (Wildman–Crippen MR) is 117 cm³/mol. The van der Waals surface area contributed by atoms with E-state index >= 15 is 0 Å². The van der Waals surface area contributed by atoms with Gasteiger partial charge < -0.3 is 10.2 Å². The van der Waals surface area contributed by atoms with Crippen LogP contribution in [0.2, 0.25) is 0 Å². The molecule has 0 unspecified atom stereocenters. The summed E-state index contributed by atoms with van der Waals surface area (Å²) in [6, 6.07) is 16.3. The molecule has 0 saturated carbocycles. The van der Waals surface area contributed by atoms with Gasteiger partial charge in [0.25, 0.3) is 0 Å². The lowest BCUT2D eigenvalue weighted by Gasteiger charge is -2.30. The highest BCUT2D eigenvalue weighted by Gasteiger charge is 2.32. The number of rotatable bonds is 7. The topological polar surface area (TPSA) is 69.7 Å². The Labute approximate surface area is 173 Å². The summed E-state index contributed by atoms with van der Waals surface area (Å²) in [6.45, 7) is 6.82.